The molecule has 0 amide bonds. The first kappa shape index (κ1) is 14.8. The average Bonchev–Trinajstić information content (AvgIpc) is 3.13. The molecule has 3 heterocycles. The molecule has 4 N–H and O–H groups in total. The summed E-state index contributed by atoms with van der Waals surface area (Å²) in [4.78, 5) is 4.38. The van der Waals surface area contributed by atoms with Crippen LogP contribution < -0.4 is 5.73 Å². The maximum atomic E-state index is 9.43. The molecule has 0 fully saturated rings. The standard InChI is InChI=1S/C16H17N7/c1-4-10-5-13(23-22-10)11-6-14(19-16(18)12(11)7-17)15-8(2)20-21-9(15)3/h5-6H,4H2,1-3H3,(H2,18,19)(H,20,21)(H,22,23). The number of hydrogen-bond donors (Lipinski definition) is 3. The van der Waals surface area contributed by atoms with Crippen molar-refractivity contribution in [2.45, 2.75) is 27.2 Å². The molecule has 7 nitrogen and oxygen atoms in total. The quantitative estimate of drug-likeness (QED) is 0.686. The number of nitrogens with one attached hydrogen (secondary N) is 2. The summed E-state index contributed by atoms with van der Waals surface area (Å²) in [6.45, 7) is 5.86. The van der Waals surface area contributed by atoms with Gasteiger partial charge in [-0.25, -0.2) is 4.98 Å². The van der Waals surface area contributed by atoms with Crippen molar-refractivity contribution in [3.8, 4) is 28.6 Å². The minimum Gasteiger partial charge on any atom is -0.383 e. The Morgan fingerprint density at radius 2 is 1.96 bits per heavy atom. The third-order valence-electron chi connectivity index (χ3n) is 3.83. The van der Waals surface area contributed by atoms with E-state index in [1.165, 1.54) is 0 Å². The van der Waals surface area contributed by atoms with E-state index >= 15 is 0 Å². The maximum Gasteiger partial charge on any atom is 0.142 e. The Morgan fingerprint density at radius 1 is 1.17 bits per heavy atom. The molecule has 0 atom stereocenters. The molecule has 3 rings (SSSR count). The molecule has 0 spiro atoms. The van der Waals surface area contributed by atoms with Crippen LogP contribution in [0.1, 0.15) is 29.6 Å². The molecular formula is C16H17N7. The molecule has 0 aliphatic rings. The summed E-state index contributed by atoms with van der Waals surface area (Å²) < 4.78 is 0. The van der Waals surface area contributed by atoms with Crippen molar-refractivity contribution in [2.75, 3.05) is 5.73 Å². The number of anilines is 1. The van der Waals surface area contributed by atoms with Crippen LogP contribution in [0.25, 0.3) is 22.5 Å². The third kappa shape index (κ3) is 2.44. The van der Waals surface area contributed by atoms with Crippen molar-refractivity contribution in [3.05, 3.63) is 34.8 Å². The van der Waals surface area contributed by atoms with Crippen LogP contribution in [-0.2, 0) is 6.42 Å². The topological polar surface area (TPSA) is 120 Å². The number of H-pyrrole nitrogens is 2. The normalized spacial score (nSPS) is 10.7. The second-order valence-corrected chi connectivity index (χ2v) is 5.37. The lowest BCUT2D eigenvalue weighted by atomic mass is 10.0. The van der Waals surface area contributed by atoms with E-state index in [1.807, 2.05) is 32.9 Å². The van der Waals surface area contributed by atoms with Gasteiger partial charge < -0.3 is 5.73 Å². The molecule has 3 aromatic heterocycles. The molecule has 23 heavy (non-hydrogen) atoms. The highest BCUT2D eigenvalue weighted by Crippen LogP contribution is 2.32. The summed E-state index contributed by atoms with van der Waals surface area (Å²) >= 11 is 0. The first-order valence-corrected chi connectivity index (χ1v) is 7.32. The van der Waals surface area contributed by atoms with Gasteiger partial charge in [-0.1, -0.05) is 6.92 Å². The summed E-state index contributed by atoms with van der Waals surface area (Å²) in [5.41, 5.74) is 12.0. The number of aryl methyl sites for hydroxylation is 3. The van der Waals surface area contributed by atoms with Gasteiger partial charge in [-0.2, -0.15) is 15.5 Å². The van der Waals surface area contributed by atoms with Crippen LogP contribution in [0, 0.1) is 25.2 Å². The zero-order valence-electron chi connectivity index (χ0n) is 13.2. The Kier molecular flexibility index (Phi) is 3.58. The fourth-order valence-electron chi connectivity index (χ4n) is 2.62. The SMILES string of the molecule is CCc1cc(-c2cc(-c3c(C)n[nH]c3C)nc(N)c2C#N)n[nH]1. The van der Waals surface area contributed by atoms with E-state index in [-0.39, 0.29) is 5.82 Å². The van der Waals surface area contributed by atoms with Crippen LogP contribution in [0.2, 0.25) is 0 Å². The summed E-state index contributed by atoms with van der Waals surface area (Å²) in [7, 11) is 0. The van der Waals surface area contributed by atoms with Gasteiger partial charge >= 0.3 is 0 Å². The molecule has 0 saturated carbocycles. The number of aromatic nitrogens is 5. The van der Waals surface area contributed by atoms with Crippen LogP contribution >= 0.6 is 0 Å². The number of nitrogens with zero attached hydrogens (tertiary/aromatic N) is 4. The summed E-state index contributed by atoms with van der Waals surface area (Å²) in [5.74, 6) is 0.195. The van der Waals surface area contributed by atoms with Gasteiger partial charge in [0.1, 0.15) is 17.5 Å². The number of nitriles is 1. The Balaban J connectivity index is 2.24. The second-order valence-electron chi connectivity index (χ2n) is 5.37. The molecule has 0 aromatic carbocycles. The zero-order chi connectivity index (χ0) is 16.6. The minimum atomic E-state index is 0.195. The minimum absolute atomic E-state index is 0.195. The second kappa shape index (κ2) is 5.57. The van der Waals surface area contributed by atoms with Crippen molar-refractivity contribution in [2.24, 2.45) is 0 Å². The van der Waals surface area contributed by atoms with Crippen molar-refractivity contribution in [1.82, 2.24) is 25.4 Å². The fourth-order valence-corrected chi connectivity index (χ4v) is 2.62. The number of nitrogen functional groups attached to an aromatic ring is 1. The number of nitrogens with two attached hydrogens (primary N) is 1. The van der Waals surface area contributed by atoms with Crippen molar-refractivity contribution >= 4 is 5.82 Å². The molecule has 7 heteroatoms. The number of hydrogen-bond acceptors (Lipinski definition) is 5. The fraction of sp³-hybridized carbons (Fsp3) is 0.250. The van der Waals surface area contributed by atoms with E-state index in [4.69, 9.17) is 5.73 Å². The van der Waals surface area contributed by atoms with E-state index in [9.17, 15) is 5.26 Å². The third-order valence-corrected chi connectivity index (χ3v) is 3.83. The Morgan fingerprint density at radius 3 is 2.52 bits per heavy atom. The number of rotatable bonds is 3. The Labute approximate surface area is 133 Å². The average molecular weight is 307 g/mol. The van der Waals surface area contributed by atoms with Crippen molar-refractivity contribution < 1.29 is 0 Å². The summed E-state index contributed by atoms with van der Waals surface area (Å²) in [5, 5.41) is 23.8. The Hall–Kier alpha value is -3.14. The highest BCUT2D eigenvalue weighted by atomic mass is 15.1. The lowest BCUT2D eigenvalue weighted by Gasteiger charge is -2.08. The lowest BCUT2D eigenvalue weighted by Crippen LogP contribution is -2.00. The first-order chi connectivity index (χ1) is 11.0. The van der Waals surface area contributed by atoms with Gasteiger partial charge in [-0.15, -0.1) is 0 Å². The molecule has 0 unspecified atom stereocenters. The number of aromatic amines is 2. The van der Waals surface area contributed by atoms with Crippen LogP contribution in [0.5, 0.6) is 0 Å². The zero-order valence-corrected chi connectivity index (χ0v) is 13.2. The molecule has 0 bridgehead atoms. The van der Waals surface area contributed by atoms with Gasteiger partial charge in [0.25, 0.3) is 0 Å². The predicted molar refractivity (Wildman–Crippen MR) is 87.4 cm³/mol. The largest absolute Gasteiger partial charge is 0.383 e. The molecule has 0 aliphatic carbocycles. The van der Waals surface area contributed by atoms with Gasteiger partial charge in [0, 0.05) is 22.5 Å². The monoisotopic (exact) mass is 307 g/mol. The number of pyridine rings is 1. The van der Waals surface area contributed by atoms with Gasteiger partial charge in [-0.3, -0.25) is 10.2 Å². The van der Waals surface area contributed by atoms with Gasteiger partial charge in [0.15, 0.2) is 0 Å². The molecule has 0 saturated heterocycles. The van der Waals surface area contributed by atoms with E-state index in [2.05, 4.69) is 31.4 Å². The smallest absolute Gasteiger partial charge is 0.142 e. The van der Waals surface area contributed by atoms with E-state index in [0.717, 1.165) is 29.1 Å². The summed E-state index contributed by atoms with van der Waals surface area (Å²) in [6, 6.07) is 5.89. The van der Waals surface area contributed by atoms with Crippen LogP contribution in [0.4, 0.5) is 5.82 Å². The maximum absolute atomic E-state index is 9.43. The highest BCUT2D eigenvalue weighted by Gasteiger charge is 2.18. The van der Waals surface area contributed by atoms with E-state index in [0.29, 0.717) is 22.5 Å². The van der Waals surface area contributed by atoms with Gasteiger partial charge in [-0.05, 0) is 32.4 Å². The van der Waals surface area contributed by atoms with Gasteiger partial charge in [0.2, 0.25) is 0 Å². The van der Waals surface area contributed by atoms with Crippen LogP contribution in [0.3, 0.4) is 0 Å². The molecule has 0 aliphatic heterocycles. The Bertz CT molecular complexity index is 892. The van der Waals surface area contributed by atoms with Gasteiger partial charge in [0.05, 0.1) is 17.1 Å². The van der Waals surface area contributed by atoms with E-state index in [1.54, 1.807) is 0 Å². The van der Waals surface area contributed by atoms with Crippen LogP contribution in [0.15, 0.2) is 12.1 Å². The molecule has 0 radical (unpaired) electrons. The van der Waals surface area contributed by atoms with Crippen molar-refractivity contribution in [3.63, 3.8) is 0 Å². The predicted octanol–water partition coefficient (Wildman–Crippen LogP) is 2.49. The van der Waals surface area contributed by atoms with Crippen molar-refractivity contribution in [1.29, 1.82) is 5.26 Å². The van der Waals surface area contributed by atoms with Crippen LogP contribution in [-0.4, -0.2) is 25.4 Å². The van der Waals surface area contributed by atoms with E-state index < -0.39 is 0 Å². The lowest BCUT2D eigenvalue weighted by molar-refractivity contribution is 0.976. The first-order valence-electron chi connectivity index (χ1n) is 7.32. The molecular weight excluding hydrogens is 290 g/mol. The summed E-state index contributed by atoms with van der Waals surface area (Å²) in [6.07, 6.45) is 0.836. The molecule has 116 valence electrons. The highest BCUT2D eigenvalue weighted by molar-refractivity contribution is 5.79. The molecule has 3 aromatic rings.